The smallest absolute Gasteiger partial charge is 0.410 e. The number of halogens is 1. The second-order valence-electron chi connectivity index (χ2n) is 7.25. The van der Waals surface area contributed by atoms with Crippen molar-refractivity contribution in [1.82, 2.24) is 9.80 Å². The van der Waals surface area contributed by atoms with Crippen LogP contribution in [0, 0.1) is 0 Å². The number of rotatable bonds is 2. The van der Waals surface area contributed by atoms with Gasteiger partial charge in [-0.25, -0.2) is 9.18 Å². The minimum absolute atomic E-state index is 0.00888. The highest BCUT2D eigenvalue weighted by Crippen LogP contribution is 2.30. The molecule has 2 aliphatic rings. The van der Waals surface area contributed by atoms with Gasteiger partial charge in [0.15, 0.2) is 0 Å². The van der Waals surface area contributed by atoms with E-state index in [4.69, 9.17) is 4.74 Å². The van der Waals surface area contributed by atoms with Crippen molar-refractivity contribution in [2.24, 2.45) is 0 Å². The highest BCUT2D eigenvalue weighted by Gasteiger charge is 2.41. The van der Waals surface area contributed by atoms with Crippen LogP contribution in [0.5, 0.6) is 0 Å². The summed E-state index contributed by atoms with van der Waals surface area (Å²) in [5.74, 6) is -0.209. The molecule has 2 amide bonds. The second-order valence-corrected chi connectivity index (χ2v) is 7.25. The SMILES string of the molecule is CC(C)(C)OC(=O)N1CCC(F)(CN2CC(O)CC2=O)CC1. The van der Waals surface area contributed by atoms with E-state index < -0.39 is 23.5 Å². The lowest BCUT2D eigenvalue weighted by molar-refractivity contribution is -0.130. The number of ether oxygens (including phenoxy) is 1. The van der Waals surface area contributed by atoms with Gasteiger partial charge in [-0.2, -0.15) is 0 Å². The van der Waals surface area contributed by atoms with Crippen LogP contribution in [0.1, 0.15) is 40.0 Å². The Morgan fingerprint density at radius 1 is 1.41 bits per heavy atom. The minimum atomic E-state index is -1.50. The molecule has 0 aromatic rings. The van der Waals surface area contributed by atoms with Crippen LogP contribution in [0.15, 0.2) is 0 Å². The van der Waals surface area contributed by atoms with E-state index in [2.05, 4.69) is 0 Å². The first-order valence-electron chi connectivity index (χ1n) is 7.71. The van der Waals surface area contributed by atoms with E-state index in [9.17, 15) is 19.1 Å². The number of hydrogen-bond acceptors (Lipinski definition) is 4. The Morgan fingerprint density at radius 2 is 2.00 bits per heavy atom. The molecule has 1 unspecified atom stereocenters. The zero-order valence-electron chi connectivity index (χ0n) is 13.5. The molecule has 0 aliphatic carbocycles. The number of hydrogen-bond donors (Lipinski definition) is 1. The number of amides is 2. The van der Waals surface area contributed by atoms with Crippen LogP contribution in [-0.2, 0) is 9.53 Å². The molecule has 2 rings (SSSR count). The molecule has 6 nitrogen and oxygen atoms in total. The van der Waals surface area contributed by atoms with E-state index in [1.54, 1.807) is 20.8 Å². The average Bonchev–Trinajstić information content (AvgIpc) is 2.65. The third-order valence-electron chi connectivity index (χ3n) is 3.98. The molecule has 2 fully saturated rings. The Kier molecular flexibility index (Phi) is 4.65. The van der Waals surface area contributed by atoms with Crippen molar-refractivity contribution in [2.75, 3.05) is 26.2 Å². The molecular formula is C15H25FN2O4. The van der Waals surface area contributed by atoms with Gasteiger partial charge < -0.3 is 19.6 Å². The lowest BCUT2D eigenvalue weighted by Crippen LogP contribution is -2.51. The van der Waals surface area contributed by atoms with Gasteiger partial charge in [0, 0.05) is 32.5 Å². The maximum atomic E-state index is 14.8. The molecule has 0 spiro atoms. The van der Waals surface area contributed by atoms with E-state index in [1.165, 1.54) is 9.80 Å². The van der Waals surface area contributed by atoms with Crippen molar-refractivity contribution < 1.29 is 23.8 Å². The predicted molar refractivity (Wildman–Crippen MR) is 78.1 cm³/mol. The number of aliphatic hydroxyl groups is 1. The summed E-state index contributed by atoms with van der Waals surface area (Å²) in [5, 5.41) is 9.45. The molecule has 22 heavy (non-hydrogen) atoms. The molecule has 7 heteroatoms. The third-order valence-corrected chi connectivity index (χ3v) is 3.98. The number of carbonyl (C=O) groups excluding carboxylic acids is 2. The van der Waals surface area contributed by atoms with Crippen molar-refractivity contribution >= 4 is 12.0 Å². The molecule has 0 bridgehead atoms. The van der Waals surface area contributed by atoms with Gasteiger partial charge >= 0.3 is 6.09 Å². The standard InChI is InChI=1S/C15H25FN2O4/c1-14(2,3)22-13(21)17-6-4-15(16,5-7-17)10-18-9-11(19)8-12(18)20/h11,19H,4-10H2,1-3H3. The lowest BCUT2D eigenvalue weighted by Gasteiger charge is -2.38. The number of piperidine rings is 1. The first-order valence-corrected chi connectivity index (χ1v) is 7.71. The topological polar surface area (TPSA) is 70.1 Å². The minimum Gasteiger partial charge on any atom is -0.444 e. The number of likely N-dealkylation sites (tertiary alicyclic amines) is 2. The molecule has 1 N–H and O–H groups in total. The van der Waals surface area contributed by atoms with Gasteiger partial charge in [-0.05, 0) is 20.8 Å². The fourth-order valence-corrected chi connectivity index (χ4v) is 2.82. The number of β-amino-alcohol motifs (C(OH)–C–C–N with tert-alkyl or cyclic N) is 1. The molecule has 2 heterocycles. The molecule has 0 aromatic carbocycles. The monoisotopic (exact) mass is 316 g/mol. The Hall–Kier alpha value is -1.37. The molecule has 2 saturated heterocycles. The first-order chi connectivity index (χ1) is 10.1. The van der Waals surface area contributed by atoms with Gasteiger partial charge in [-0.15, -0.1) is 0 Å². The second kappa shape index (κ2) is 6.02. The lowest BCUT2D eigenvalue weighted by atomic mass is 9.93. The van der Waals surface area contributed by atoms with Gasteiger partial charge in [0.05, 0.1) is 19.1 Å². The van der Waals surface area contributed by atoms with E-state index in [1.807, 2.05) is 0 Å². The molecule has 1 atom stereocenters. The van der Waals surface area contributed by atoms with Crippen molar-refractivity contribution in [1.29, 1.82) is 0 Å². The molecule has 0 saturated carbocycles. The summed E-state index contributed by atoms with van der Waals surface area (Å²) >= 11 is 0. The Labute approximate surface area is 130 Å². The van der Waals surface area contributed by atoms with Crippen LogP contribution >= 0.6 is 0 Å². The molecule has 0 aromatic heterocycles. The summed E-state index contributed by atoms with van der Waals surface area (Å²) in [7, 11) is 0. The van der Waals surface area contributed by atoms with Gasteiger partial charge in [0.25, 0.3) is 0 Å². The van der Waals surface area contributed by atoms with Crippen LogP contribution < -0.4 is 0 Å². The summed E-state index contributed by atoms with van der Waals surface area (Å²) in [4.78, 5) is 26.5. The summed E-state index contributed by atoms with van der Waals surface area (Å²) in [5.41, 5.74) is -2.07. The fourth-order valence-electron chi connectivity index (χ4n) is 2.82. The number of aliphatic hydroxyl groups excluding tert-OH is 1. The van der Waals surface area contributed by atoms with Crippen molar-refractivity contribution in [2.45, 2.75) is 57.4 Å². The van der Waals surface area contributed by atoms with Gasteiger partial charge in [-0.1, -0.05) is 0 Å². The first kappa shape index (κ1) is 17.0. The number of carbonyl (C=O) groups is 2. The molecule has 2 aliphatic heterocycles. The molecule has 0 radical (unpaired) electrons. The quantitative estimate of drug-likeness (QED) is 0.834. The van der Waals surface area contributed by atoms with E-state index in [0.29, 0.717) is 0 Å². The van der Waals surface area contributed by atoms with Crippen LogP contribution in [0.25, 0.3) is 0 Å². The highest BCUT2D eigenvalue weighted by molar-refractivity contribution is 5.79. The van der Waals surface area contributed by atoms with Crippen LogP contribution in [0.4, 0.5) is 9.18 Å². The Morgan fingerprint density at radius 3 is 2.45 bits per heavy atom. The third kappa shape index (κ3) is 4.32. The van der Waals surface area contributed by atoms with Crippen LogP contribution in [0.2, 0.25) is 0 Å². The van der Waals surface area contributed by atoms with Crippen molar-refractivity contribution in [3.63, 3.8) is 0 Å². The van der Waals surface area contributed by atoms with E-state index in [-0.39, 0.29) is 51.3 Å². The Balaban J connectivity index is 1.85. The van der Waals surface area contributed by atoms with Gasteiger partial charge in [0.2, 0.25) is 5.91 Å². The Bertz CT molecular complexity index is 441. The van der Waals surface area contributed by atoms with Crippen LogP contribution in [0.3, 0.4) is 0 Å². The molecule has 126 valence electrons. The number of nitrogens with zero attached hydrogens (tertiary/aromatic N) is 2. The van der Waals surface area contributed by atoms with Gasteiger partial charge in [0.1, 0.15) is 11.3 Å². The maximum Gasteiger partial charge on any atom is 0.410 e. The fraction of sp³-hybridized carbons (Fsp3) is 0.867. The van der Waals surface area contributed by atoms with Crippen molar-refractivity contribution in [3.05, 3.63) is 0 Å². The summed E-state index contributed by atoms with van der Waals surface area (Å²) in [6.07, 6.45) is -0.710. The zero-order chi connectivity index (χ0) is 16.5. The summed E-state index contributed by atoms with van der Waals surface area (Å²) in [6, 6.07) is 0. The predicted octanol–water partition coefficient (Wildman–Crippen LogP) is 1.32. The highest BCUT2D eigenvalue weighted by atomic mass is 19.1. The van der Waals surface area contributed by atoms with Crippen molar-refractivity contribution in [3.8, 4) is 0 Å². The normalized spacial score (nSPS) is 25.5. The summed E-state index contributed by atoms with van der Waals surface area (Å²) < 4.78 is 20.1. The van der Waals surface area contributed by atoms with E-state index >= 15 is 0 Å². The maximum absolute atomic E-state index is 14.8. The molecular weight excluding hydrogens is 291 g/mol. The van der Waals surface area contributed by atoms with E-state index in [0.717, 1.165) is 0 Å². The summed E-state index contributed by atoms with van der Waals surface area (Å²) in [6.45, 7) is 6.10. The average molecular weight is 316 g/mol. The number of alkyl halides is 1. The van der Waals surface area contributed by atoms with Gasteiger partial charge in [-0.3, -0.25) is 4.79 Å². The zero-order valence-corrected chi connectivity index (χ0v) is 13.5. The van der Waals surface area contributed by atoms with Crippen LogP contribution in [-0.4, -0.2) is 70.5 Å². The largest absolute Gasteiger partial charge is 0.444 e.